The number of carbonyl (C=O) groups excluding carboxylic acids is 1. The minimum Gasteiger partial charge on any atom is -0.316 e. The lowest BCUT2D eigenvalue weighted by Crippen LogP contribution is -2.27. The smallest absolute Gasteiger partial charge is 0.244 e. The Kier molecular flexibility index (Phi) is 6.67. The average molecular weight is 477 g/mol. The molecule has 1 N–H and O–H groups in total. The van der Waals surface area contributed by atoms with E-state index in [0.717, 1.165) is 37.7 Å². The van der Waals surface area contributed by atoms with Crippen LogP contribution in [-0.2, 0) is 27.7 Å². The molecule has 10 heteroatoms. The van der Waals surface area contributed by atoms with E-state index in [9.17, 15) is 18.5 Å². The van der Waals surface area contributed by atoms with Crippen molar-refractivity contribution in [2.24, 2.45) is 5.92 Å². The molecule has 31 heavy (non-hydrogen) atoms. The summed E-state index contributed by atoms with van der Waals surface area (Å²) in [6, 6.07) is 5.43. The highest BCUT2D eigenvalue weighted by molar-refractivity contribution is 7.99. The van der Waals surface area contributed by atoms with Crippen LogP contribution in [0.3, 0.4) is 0 Å². The molecule has 1 unspecified atom stereocenters. The SMILES string of the molecule is CC1CCc2c(sc(NC(=O)CSc3ccc(S(=O)(=O)N4CCCC4)cn3)c2C#N)C1. The number of amides is 1. The third-order valence-corrected chi connectivity index (χ3v) is 9.64. The van der Waals surface area contributed by atoms with Crippen molar-refractivity contribution in [1.82, 2.24) is 9.29 Å². The fraction of sp³-hybridized carbons (Fsp3) is 0.476. The first kappa shape index (κ1) is 22.3. The number of sulfonamides is 1. The first-order valence-corrected chi connectivity index (χ1v) is 13.6. The van der Waals surface area contributed by atoms with Crippen molar-refractivity contribution in [3.8, 4) is 6.07 Å². The summed E-state index contributed by atoms with van der Waals surface area (Å²) in [4.78, 5) is 18.1. The van der Waals surface area contributed by atoms with E-state index in [1.54, 1.807) is 12.1 Å². The predicted octanol–water partition coefficient (Wildman–Crippen LogP) is 3.65. The molecule has 7 nitrogen and oxygen atoms in total. The minimum atomic E-state index is -3.49. The third-order valence-electron chi connectivity index (χ3n) is 5.64. The maximum absolute atomic E-state index is 12.6. The minimum absolute atomic E-state index is 0.134. The molecule has 1 aliphatic heterocycles. The molecule has 1 fully saturated rings. The molecule has 2 aromatic heterocycles. The summed E-state index contributed by atoms with van der Waals surface area (Å²) in [7, 11) is -3.49. The summed E-state index contributed by atoms with van der Waals surface area (Å²) >= 11 is 2.74. The van der Waals surface area contributed by atoms with Gasteiger partial charge >= 0.3 is 0 Å². The van der Waals surface area contributed by atoms with Crippen molar-refractivity contribution >= 4 is 44.0 Å². The van der Waals surface area contributed by atoms with Gasteiger partial charge < -0.3 is 5.32 Å². The first-order chi connectivity index (χ1) is 14.9. The van der Waals surface area contributed by atoms with Gasteiger partial charge in [-0.25, -0.2) is 13.4 Å². The van der Waals surface area contributed by atoms with Crippen LogP contribution in [0.4, 0.5) is 5.00 Å². The van der Waals surface area contributed by atoms with Crippen LogP contribution in [0.1, 0.15) is 42.2 Å². The Balaban J connectivity index is 1.37. The standard InChI is InChI=1S/C21H24N4O3S3/c1-14-4-6-16-17(11-22)21(30-18(16)10-14)24-19(26)13-29-20-7-5-15(12-23-20)31(27,28)25-8-2-3-9-25/h5,7,12,14H,2-4,6,8-10,13H2,1H3,(H,24,26). The van der Waals surface area contributed by atoms with Crippen LogP contribution in [0, 0.1) is 17.2 Å². The number of hydrogen-bond donors (Lipinski definition) is 1. The fourth-order valence-corrected chi connectivity index (χ4v) is 7.42. The van der Waals surface area contributed by atoms with Crippen LogP contribution >= 0.6 is 23.1 Å². The number of thiophene rings is 1. The summed E-state index contributed by atoms with van der Waals surface area (Å²) in [5.41, 5.74) is 1.69. The highest BCUT2D eigenvalue weighted by atomic mass is 32.2. The van der Waals surface area contributed by atoms with Gasteiger partial charge in [0.05, 0.1) is 16.3 Å². The lowest BCUT2D eigenvalue weighted by atomic mass is 9.89. The lowest BCUT2D eigenvalue weighted by Gasteiger charge is -2.17. The summed E-state index contributed by atoms with van der Waals surface area (Å²) in [5.74, 6) is 0.526. The van der Waals surface area contributed by atoms with E-state index >= 15 is 0 Å². The Morgan fingerprint density at radius 3 is 2.84 bits per heavy atom. The maximum atomic E-state index is 12.6. The molecule has 1 saturated heterocycles. The quantitative estimate of drug-likeness (QED) is 0.638. The molecule has 0 saturated carbocycles. The Morgan fingerprint density at radius 2 is 2.16 bits per heavy atom. The number of nitrogens with zero attached hydrogens (tertiary/aromatic N) is 3. The van der Waals surface area contributed by atoms with E-state index in [2.05, 4.69) is 23.3 Å². The Labute approximate surface area is 190 Å². The summed E-state index contributed by atoms with van der Waals surface area (Å²) < 4.78 is 26.6. The molecule has 2 aliphatic rings. The number of thioether (sulfide) groups is 1. The fourth-order valence-electron chi connectivity index (χ4n) is 3.94. The number of rotatable bonds is 6. The molecule has 0 radical (unpaired) electrons. The summed E-state index contributed by atoms with van der Waals surface area (Å²) in [5, 5.41) is 13.7. The maximum Gasteiger partial charge on any atom is 0.244 e. The predicted molar refractivity (Wildman–Crippen MR) is 122 cm³/mol. The van der Waals surface area contributed by atoms with Crippen molar-refractivity contribution in [2.75, 3.05) is 24.2 Å². The zero-order chi connectivity index (χ0) is 22.0. The molecule has 0 bridgehead atoms. The van der Waals surface area contributed by atoms with Crippen LogP contribution in [0.2, 0.25) is 0 Å². The lowest BCUT2D eigenvalue weighted by molar-refractivity contribution is -0.113. The van der Waals surface area contributed by atoms with Gasteiger partial charge in [-0.15, -0.1) is 11.3 Å². The second-order valence-electron chi connectivity index (χ2n) is 7.95. The number of fused-ring (bicyclic) bond motifs is 1. The third kappa shape index (κ3) is 4.80. The van der Waals surface area contributed by atoms with Gasteiger partial charge in [-0.05, 0) is 55.7 Å². The van der Waals surface area contributed by atoms with Gasteiger partial charge in [-0.1, -0.05) is 18.7 Å². The zero-order valence-electron chi connectivity index (χ0n) is 17.3. The van der Waals surface area contributed by atoms with Gasteiger partial charge in [0, 0.05) is 24.2 Å². The number of nitriles is 1. The summed E-state index contributed by atoms with van der Waals surface area (Å²) in [6.07, 6.45) is 6.03. The topological polar surface area (TPSA) is 103 Å². The van der Waals surface area contributed by atoms with Gasteiger partial charge in [0.25, 0.3) is 0 Å². The first-order valence-electron chi connectivity index (χ1n) is 10.3. The number of anilines is 1. The van der Waals surface area contributed by atoms with Gasteiger partial charge in [0.15, 0.2) is 0 Å². The zero-order valence-corrected chi connectivity index (χ0v) is 19.7. The largest absolute Gasteiger partial charge is 0.316 e. The average Bonchev–Trinajstić information content (AvgIpc) is 3.40. The molecular formula is C21H24N4O3S3. The molecule has 0 spiro atoms. The monoisotopic (exact) mass is 476 g/mol. The van der Waals surface area contributed by atoms with E-state index in [1.807, 2.05) is 0 Å². The summed E-state index contributed by atoms with van der Waals surface area (Å²) in [6.45, 7) is 3.31. The van der Waals surface area contributed by atoms with Gasteiger partial charge in [-0.2, -0.15) is 9.57 Å². The van der Waals surface area contributed by atoms with E-state index in [1.165, 1.54) is 38.5 Å². The van der Waals surface area contributed by atoms with Crippen molar-refractivity contribution in [1.29, 1.82) is 5.26 Å². The van der Waals surface area contributed by atoms with Crippen molar-refractivity contribution in [3.63, 3.8) is 0 Å². The van der Waals surface area contributed by atoms with Gasteiger partial charge in [-0.3, -0.25) is 4.79 Å². The van der Waals surface area contributed by atoms with E-state index < -0.39 is 10.0 Å². The molecule has 0 aromatic carbocycles. The number of aromatic nitrogens is 1. The highest BCUT2D eigenvalue weighted by Gasteiger charge is 2.27. The van der Waals surface area contributed by atoms with E-state index in [0.29, 0.717) is 34.6 Å². The number of hydrogen-bond acceptors (Lipinski definition) is 7. The highest BCUT2D eigenvalue weighted by Crippen LogP contribution is 2.39. The van der Waals surface area contributed by atoms with Crippen LogP contribution in [0.25, 0.3) is 0 Å². The second kappa shape index (κ2) is 9.28. The van der Waals surface area contributed by atoms with Crippen LogP contribution in [-0.4, -0.2) is 42.5 Å². The molecule has 3 heterocycles. The van der Waals surface area contributed by atoms with Gasteiger partial charge in [0.1, 0.15) is 16.0 Å². The van der Waals surface area contributed by atoms with Crippen molar-refractivity contribution in [2.45, 2.75) is 48.9 Å². The van der Waals surface area contributed by atoms with Crippen LogP contribution < -0.4 is 5.32 Å². The molecular weight excluding hydrogens is 452 g/mol. The van der Waals surface area contributed by atoms with E-state index in [4.69, 9.17) is 0 Å². The number of pyridine rings is 1. The van der Waals surface area contributed by atoms with Gasteiger partial charge in [0.2, 0.25) is 15.9 Å². The van der Waals surface area contributed by atoms with E-state index in [-0.39, 0.29) is 16.6 Å². The molecule has 2 aromatic rings. The molecule has 164 valence electrons. The molecule has 1 aliphatic carbocycles. The van der Waals surface area contributed by atoms with Crippen LogP contribution in [0.15, 0.2) is 28.3 Å². The Hall–Kier alpha value is -1.93. The number of carbonyl (C=O) groups is 1. The second-order valence-corrected chi connectivity index (χ2v) is 12.0. The molecule has 1 atom stereocenters. The Bertz CT molecular complexity index is 1110. The Morgan fingerprint density at radius 1 is 1.39 bits per heavy atom. The molecule has 1 amide bonds. The molecule has 4 rings (SSSR count). The normalized spacial score (nSPS) is 19.0. The number of nitrogens with one attached hydrogen (secondary N) is 1. The van der Waals surface area contributed by atoms with Crippen LogP contribution in [0.5, 0.6) is 0 Å². The van der Waals surface area contributed by atoms with Crippen molar-refractivity contribution < 1.29 is 13.2 Å². The van der Waals surface area contributed by atoms with Crippen molar-refractivity contribution in [3.05, 3.63) is 34.3 Å².